The Morgan fingerprint density at radius 2 is 1.37 bits per heavy atom. The van der Waals surface area contributed by atoms with Gasteiger partial charge >= 0.3 is 0 Å². The summed E-state index contributed by atoms with van der Waals surface area (Å²) in [7, 11) is 0. The molecule has 0 aliphatic rings. The Morgan fingerprint density at radius 1 is 0.741 bits per heavy atom. The Balaban J connectivity index is 1.58. The van der Waals surface area contributed by atoms with E-state index in [-0.39, 0.29) is 5.91 Å². The molecule has 0 aliphatic carbocycles. The van der Waals surface area contributed by atoms with Crippen LogP contribution in [0.15, 0.2) is 72.8 Å². The van der Waals surface area contributed by atoms with Crippen molar-refractivity contribution in [1.82, 2.24) is 10.9 Å². The topological polar surface area (TPSA) is 67.4 Å². The molecular formula is C22H20N2O3. The van der Waals surface area contributed by atoms with E-state index in [0.29, 0.717) is 16.9 Å². The lowest BCUT2D eigenvalue weighted by atomic mass is 10.1. The fourth-order valence-electron chi connectivity index (χ4n) is 2.62. The molecule has 27 heavy (non-hydrogen) atoms. The molecule has 0 aromatic heterocycles. The monoisotopic (exact) mass is 360 g/mol. The summed E-state index contributed by atoms with van der Waals surface area (Å²) >= 11 is 0. The van der Waals surface area contributed by atoms with Crippen LogP contribution in [0.25, 0.3) is 0 Å². The number of ether oxygens (including phenoxy) is 1. The predicted octanol–water partition coefficient (Wildman–Crippen LogP) is 4.17. The van der Waals surface area contributed by atoms with E-state index in [9.17, 15) is 9.59 Å². The number of aryl methyl sites for hydroxylation is 2. The highest BCUT2D eigenvalue weighted by atomic mass is 16.5. The summed E-state index contributed by atoms with van der Waals surface area (Å²) in [4.78, 5) is 24.4. The molecule has 2 N–H and O–H groups in total. The van der Waals surface area contributed by atoms with E-state index in [4.69, 9.17) is 4.74 Å². The molecule has 0 fully saturated rings. The maximum atomic E-state index is 12.2. The van der Waals surface area contributed by atoms with Crippen molar-refractivity contribution in [2.75, 3.05) is 0 Å². The fraction of sp³-hybridized carbons (Fsp3) is 0.0909. The van der Waals surface area contributed by atoms with Gasteiger partial charge in [-0.1, -0.05) is 35.9 Å². The van der Waals surface area contributed by atoms with Gasteiger partial charge in [0.2, 0.25) is 0 Å². The molecule has 0 bridgehead atoms. The number of hydrazine groups is 1. The molecule has 3 rings (SSSR count). The van der Waals surface area contributed by atoms with Gasteiger partial charge in [-0.3, -0.25) is 20.4 Å². The van der Waals surface area contributed by atoms with Gasteiger partial charge in [-0.05, 0) is 61.9 Å². The van der Waals surface area contributed by atoms with E-state index in [2.05, 4.69) is 10.9 Å². The highest BCUT2D eigenvalue weighted by molar-refractivity contribution is 5.99. The van der Waals surface area contributed by atoms with Crippen molar-refractivity contribution in [2.24, 2.45) is 0 Å². The second-order valence-corrected chi connectivity index (χ2v) is 6.17. The van der Waals surface area contributed by atoms with Crippen molar-refractivity contribution in [3.8, 4) is 11.5 Å². The first-order valence-corrected chi connectivity index (χ1v) is 8.54. The molecule has 0 unspecified atom stereocenters. The van der Waals surface area contributed by atoms with E-state index in [1.54, 1.807) is 30.3 Å². The average molecular weight is 360 g/mol. The van der Waals surface area contributed by atoms with E-state index in [1.807, 2.05) is 56.3 Å². The molecule has 2 amide bonds. The number of carbonyl (C=O) groups excluding carboxylic acids is 2. The van der Waals surface area contributed by atoms with Crippen LogP contribution in [-0.4, -0.2) is 11.8 Å². The van der Waals surface area contributed by atoms with Gasteiger partial charge in [-0.25, -0.2) is 0 Å². The first kappa shape index (κ1) is 18.2. The van der Waals surface area contributed by atoms with E-state index in [0.717, 1.165) is 16.9 Å². The highest BCUT2D eigenvalue weighted by Gasteiger charge is 2.11. The third kappa shape index (κ3) is 4.73. The number of hydrogen-bond donors (Lipinski definition) is 2. The molecule has 3 aromatic carbocycles. The van der Waals surface area contributed by atoms with E-state index in [1.165, 1.54) is 0 Å². The fourth-order valence-corrected chi connectivity index (χ4v) is 2.62. The first-order valence-electron chi connectivity index (χ1n) is 8.54. The molecule has 3 aromatic rings. The second kappa shape index (κ2) is 8.19. The van der Waals surface area contributed by atoms with Gasteiger partial charge < -0.3 is 4.74 Å². The summed E-state index contributed by atoms with van der Waals surface area (Å²) in [5.74, 6) is 0.580. The minimum Gasteiger partial charge on any atom is -0.457 e. The normalized spacial score (nSPS) is 10.1. The van der Waals surface area contributed by atoms with Crippen LogP contribution in [0.5, 0.6) is 11.5 Å². The summed E-state index contributed by atoms with van der Waals surface area (Å²) in [6.07, 6.45) is 0. The van der Waals surface area contributed by atoms with Crippen LogP contribution in [0, 0.1) is 13.8 Å². The number of benzene rings is 3. The van der Waals surface area contributed by atoms with Crippen LogP contribution in [0.3, 0.4) is 0 Å². The number of nitrogens with one attached hydrogen (secondary N) is 2. The number of amides is 2. The Kier molecular flexibility index (Phi) is 5.52. The van der Waals surface area contributed by atoms with Crippen molar-refractivity contribution in [3.05, 3.63) is 95.1 Å². The van der Waals surface area contributed by atoms with Crippen LogP contribution in [0.1, 0.15) is 31.8 Å². The number of hydrogen-bond acceptors (Lipinski definition) is 3. The maximum absolute atomic E-state index is 12.2. The molecule has 0 aliphatic heterocycles. The minimum absolute atomic E-state index is 0.357. The lowest BCUT2D eigenvalue weighted by molar-refractivity contribution is 0.0846. The lowest BCUT2D eigenvalue weighted by Crippen LogP contribution is -2.41. The lowest BCUT2D eigenvalue weighted by Gasteiger charge is -2.10. The molecule has 0 heterocycles. The van der Waals surface area contributed by atoms with Crippen molar-refractivity contribution in [1.29, 1.82) is 0 Å². The van der Waals surface area contributed by atoms with Gasteiger partial charge in [0, 0.05) is 11.1 Å². The summed E-state index contributed by atoms with van der Waals surface area (Å²) in [6.45, 7) is 3.82. The van der Waals surface area contributed by atoms with Crippen LogP contribution >= 0.6 is 0 Å². The van der Waals surface area contributed by atoms with Crippen molar-refractivity contribution in [3.63, 3.8) is 0 Å². The zero-order valence-electron chi connectivity index (χ0n) is 15.2. The van der Waals surface area contributed by atoms with Gasteiger partial charge in [0.1, 0.15) is 11.5 Å². The summed E-state index contributed by atoms with van der Waals surface area (Å²) < 4.78 is 5.69. The molecule has 0 saturated heterocycles. The smallest absolute Gasteiger partial charge is 0.269 e. The maximum Gasteiger partial charge on any atom is 0.269 e. The Labute approximate surface area is 158 Å². The first-order chi connectivity index (χ1) is 13.0. The zero-order valence-corrected chi connectivity index (χ0v) is 15.2. The third-order valence-corrected chi connectivity index (χ3v) is 4.01. The molecular weight excluding hydrogens is 340 g/mol. The van der Waals surface area contributed by atoms with Gasteiger partial charge in [-0.2, -0.15) is 0 Å². The van der Waals surface area contributed by atoms with Crippen LogP contribution in [0.4, 0.5) is 0 Å². The van der Waals surface area contributed by atoms with Gasteiger partial charge in [-0.15, -0.1) is 0 Å². The number of rotatable bonds is 4. The zero-order chi connectivity index (χ0) is 19.2. The largest absolute Gasteiger partial charge is 0.457 e. The number of para-hydroxylation sites is 1. The quantitative estimate of drug-likeness (QED) is 0.686. The second-order valence-electron chi connectivity index (χ2n) is 6.17. The Hall–Kier alpha value is -3.60. The Bertz CT molecular complexity index is 951. The summed E-state index contributed by atoms with van der Waals surface area (Å²) in [5, 5.41) is 0. The molecule has 0 spiro atoms. The van der Waals surface area contributed by atoms with E-state index < -0.39 is 5.91 Å². The molecule has 0 atom stereocenters. The minimum atomic E-state index is -0.403. The predicted molar refractivity (Wildman–Crippen MR) is 104 cm³/mol. The van der Waals surface area contributed by atoms with Crippen LogP contribution in [0.2, 0.25) is 0 Å². The molecule has 5 nitrogen and oxygen atoms in total. The van der Waals surface area contributed by atoms with Crippen LogP contribution < -0.4 is 15.6 Å². The van der Waals surface area contributed by atoms with Crippen molar-refractivity contribution in [2.45, 2.75) is 13.8 Å². The molecule has 5 heteroatoms. The highest BCUT2D eigenvalue weighted by Crippen LogP contribution is 2.21. The van der Waals surface area contributed by atoms with Gasteiger partial charge in [0.25, 0.3) is 11.8 Å². The van der Waals surface area contributed by atoms with Gasteiger partial charge in [0.15, 0.2) is 0 Å². The Morgan fingerprint density at radius 3 is 2.04 bits per heavy atom. The third-order valence-electron chi connectivity index (χ3n) is 4.01. The number of carbonyl (C=O) groups is 2. The van der Waals surface area contributed by atoms with Crippen molar-refractivity contribution < 1.29 is 14.3 Å². The summed E-state index contributed by atoms with van der Waals surface area (Å²) in [6, 6.07) is 21.6. The van der Waals surface area contributed by atoms with Crippen LogP contribution in [-0.2, 0) is 0 Å². The molecule has 0 radical (unpaired) electrons. The van der Waals surface area contributed by atoms with Crippen molar-refractivity contribution >= 4 is 11.8 Å². The molecule has 136 valence electrons. The van der Waals surface area contributed by atoms with E-state index >= 15 is 0 Å². The van der Waals surface area contributed by atoms with Gasteiger partial charge in [0.05, 0.1) is 0 Å². The summed E-state index contributed by atoms with van der Waals surface area (Å²) in [5.41, 5.74) is 7.73. The SMILES string of the molecule is Cc1ccc(C(=O)NNC(=O)c2ccc(Oc3ccccc3)cc2)c(C)c1. The molecule has 0 saturated carbocycles. The standard InChI is InChI=1S/C22H20N2O3/c1-15-8-13-20(16(2)14-15)22(26)24-23-21(25)17-9-11-19(12-10-17)27-18-6-4-3-5-7-18/h3-14H,1-2H3,(H,23,25)(H,24,26). The average Bonchev–Trinajstić information content (AvgIpc) is 2.67.